The molecule has 2 N–H and O–H groups in total. The second-order valence-electron chi connectivity index (χ2n) is 4.76. The SMILES string of the molecule is CC(C)OCC(=O)N(CCN)CCc1ccccc1. The molecule has 0 unspecified atom stereocenters. The van der Waals surface area contributed by atoms with Crippen molar-refractivity contribution in [2.24, 2.45) is 5.73 Å². The average molecular weight is 264 g/mol. The molecular formula is C15H24N2O2. The van der Waals surface area contributed by atoms with Gasteiger partial charge in [-0.1, -0.05) is 30.3 Å². The number of hydrogen-bond acceptors (Lipinski definition) is 3. The number of benzene rings is 1. The van der Waals surface area contributed by atoms with Gasteiger partial charge in [-0.25, -0.2) is 0 Å². The molecule has 0 radical (unpaired) electrons. The lowest BCUT2D eigenvalue weighted by atomic mass is 10.1. The number of nitrogens with two attached hydrogens (primary N) is 1. The van der Waals surface area contributed by atoms with Crippen LogP contribution in [0.15, 0.2) is 30.3 Å². The van der Waals surface area contributed by atoms with Gasteiger partial charge in [0.25, 0.3) is 0 Å². The molecule has 0 aromatic heterocycles. The minimum Gasteiger partial charge on any atom is -0.369 e. The maximum absolute atomic E-state index is 12.0. The quantitative estimate of drug-likeness (QED) is 0.773. The van der Waals surface area contributed by atoms with Gasteiger partial charge in [-0.2, -0.15) is 0 Å². The molecule has 0 bridgehead atoms. The first-order valence-corrected chi connectivity index (χ1v) is 6.77. The second-order valence-corrected chi connectivity index (χ2v) is 4.76. The van der Waals surface area contributed by atoms with Crippen LogP contribution in [0.4, 0.5) is 0 Å². The highest BCUT2D eigenvalue weighted by Gasteiger charge is 2.13. The summed E-state index contributed by atoms with van der Waals surface area (Å²) < 4.78 is 5.35. The van der Waals surface area contributed by atoms with Crippen molar-refractivity contribution in [3.05, 3.63) is 35.9 Å². The Hall–Kier alpha value is -1.39. The first kappa shape index (κ1) is 15.7. The van der Waals surface area contributed by atoms with Crippen molar-refractivity contribution >= 4 is 5.91 Å². The molecule has 19 heavy (non-hydrogen) atoms. The largest absolute Gasteiger partial charge is 0.369 e. The molecule has 0 aliphatic carbocycles. The Kier molecular flexibility index (Phi) is 7.15. The van der Waals surface area contributed by atoms with Crippen LogP contribution in [0.3, 0.4) is 0 Å². The van der Waals surface area contributed by atoms with Crippen LogP contribution >= 0.6 is 0 Å². The minimum atomic E-state index is 0.00933. The Morgan fingerprint density at radius 1 is 1.26 bits per heavy atom. The van der Waals surface area contributed by atoms with Crippen LogP contribution in [0.1, 0.15) is 19.4 Å². The van der Waals surface area contributed by atoms with Crippen molar-refractivity contribution in [2.75, 3.05) is 26.2 Å². The highest BCUT2D eigenvalue weighted by molar-refractivity contribution is 5.77. The lowest BCUT2D eigenvalue weighted by molar-refractivity contribution is -0.137. The van der Waals surface area contributed by atoms with Crippen molar-refractivity contribution < 1.29 is 9.53 Å². The van der Waals surface area contributed by atoms with Gasteiger partial charge in [0.2, 0.25) is 5.91 Å². The molecule has 0 aliphatic rings. The zero-order valence-corrected chi connectivity index (χ0v) is 11.8. The van der Waals surface area contributed by atoms with E-state index >= 15 is 0 Å². The maximum Gasteiger partial charge on any atom is 0.248 e. The van der Waals surface area contributed by atoms with Crippen LogP contribution in [-0.2, 0) is 16.0 Å². The van der Waals surface area contributed by atoms with Crippen molar-refractivity contribution in [3.63, 3.8) is 0 Å². The summed E-state index contributed by atoms with van der Waals surface area (Å²) in [6, 6.07) is 10.1. The number of nitrogens with zero attached hydrogens (tertiary/aromatic N) is 1. The molecule has 1 rings (SSSR count). The smallest absolute Gasteiger partial charge is 0.248 e. The highest BCUT2D eigenvalue weighted by Crippen LogP contribution is 2.02. The van der Waals surface area contributed by atoms with E-state index in [2.05, 4.69) is 12.1 Å². The molecule has 0 heterocycles. The van der Waals surface area contributed by atoms with Crippen molar-refractivity contribution in [1.29, 1.82) is 0 Å². The van der Waals surface area contributed by atoms with Crippen LogP contribution in [0.25, 0.3) is 0 Å². The van der Waals surface area contributed by atoms with E-state index in [1.165, 1.54) is 5.56 Å². The fourth-order valence-corrected chi connectivity index (χ4v) is 1.76. The molecule has 106 valence electrons. The highest BCUT2D eigenvalue weighted by atomic mass is 16.5. The van der Waals surface area contributed by atoms with Gasteiger partial charge in [0, 0.05) is 19.6 Å². The summed E-state index contributed by atoms with van der Waals surface area (Å²) in [4.78, 5) is 13.8. The number of hydrogen-bond donors (Lipinski definition) is 1. The van der Waals surface area contributed by atoms with Gasteiger partial charge < -0.3 is 15.4 Å². The summed E-state index contributed by atoms with van der Waals surface area (Å²) in [6.45, 7) is 5.71. The average Bonchev–Trinajstić information content (AvgIpc) is 2.42. The Morgan fingerprint density at radius 3 is 2.53 bits per heavy atom. The molecular weight excluding hydrogens is 240 g/mol. The Bertz CT molecular complexity index is 366. The summed E-state index contributed by atoms with van der Waals surface area (Å²) in [5.74, 6) is 0.00933. The molecule has 0 saturated heterocycles. The summed E-state index contributed by atoms with van der Waals surface area (Å²) in [7, 11) is 0. The molecule has 4 nitrogen and oxygen atoms in total. The first-order valence-electron chi connectivity index (χ1n) is 6.77. The Labute approximate surface area is 115 Å². The Balaban J connectivity index is 2.45. The van der Waals surface area contributed by atoms with Gasteiger partial charge in [0.05, 0.1) is 6.10 Å². The number of carbonyl (C=O) groups excluding carboxylic acids is 1. The zero-order chi connectivity index (χ0) is 14.1. The van der Waals surface area contributed by atoms with E-state index in [0.29, 0.717) is 19.6 Å². The fraction of sp³-hybridized carbons (Fsp3) is 0.533. The first-order chi connectivity index (χ1) is 9.13. The molecule has 0 spiro atoms. The fourth-order valence-electron chi connectivity index (χ4n) is 1.76. The molecule has 1 amide bonds. The van der Waals surface area contributed by atoms with E-state index in [9.17, 15) is 4.79 Å². The summed E-state index contributed by atoms with van der Waals surface area (Å²) >= 11 is 0. The topological polar surface area (TPSA) is 55.6 Å². The number of amides is 1. The van der Waals surface area contributed by atoms with Gasteiger partial charge >= 0.3 is 0 Å². The lowest BCUT2D eigenvalue weighted by Gasteiger charge is -2.22. The normalized spacial score (nSPS) is 10.7. The van der Waals surface area contributed by atoms with E-state index in [-0.39, 0.29) is 18.6 Å². The molecule has 0 atom stereocenters. The number of ether oxygens (including phenoxy) is 1. The minimum absolute atomic E-state index is 0.00933. The van der Waals surface area contributed by atoms with Crippen molar-refractivity contribution in [2.45, 2.75) is 26.4 Å². The second kappa shape index (κ2) is 8.67. The summed E-state index contributed by atoms with van der Waals surface area (Å²) in [6.07, 6.45) is 0.909. The molecule has 1 aromatic rings. The van der Waals surface area contributed by atoms with Crippen LogP contribution < -0.4 is 5.73 Å². The van der Waals surface area contributed by atoms with Crippen molar-refractivity contribution in [1.82, 2.24) is 4.90 Å². The van der Waals surface area contributed by atoms with E-state index in [1.807, 2.05) is 32.0 Å². The van der Waals surface area contributed by atoms with E-state index < -0.39 is 0 Å². The van der Waals surface area contributed by atoms with Gasteiger partial charge in [-0.3, -0.25) is 4.79 Å². The molecule has 0 fully saturated rings. The van der Waals surface area contributed by atoms with Gasteiger partial charge in [0.15, 0.2) is 0 Å². The number of carbonyl (C=O) groups is 1. The van der Waals surface area contributed by atoms with E-state index in [0.717, 1.165) is 6.42 Å². The lowest BCUT2D eigenvalue weighted by Crippen LogP contribution is -2.39. The Morgan fingerprint density at radius 2 is 1.95 bits per heavy atom. The van der Waals surface area contributed by atoms with Crippen molar-refractivity contribution in [3.8, 4) is 0 Å². The standard InChI is InChI=1S/C15H24N2O2/c1-13(2)19-12-15(18)17(11-9-16)10-8-14-6-4-3-5-7-14/h3-7,13H,8-12,16H2,1-2H3. The monoisotopic (exact) mass is 264 g/mol. The zero-order valence-electron chi connectivity index (χ0n) is 11.8. The van der Waals surface area contributed by atoms with E-state index in [1.54, 1.807) is 4.90 Å². The van der Waals surface area contributed by atoms with Crippen LogP contribution in [0.5, 0.6) is 0 Å². The molecule has 1 aromatic carbocycles. The van der Waals surface area contributed by atoms with Gasteiger partial charge in [0.1, 0.15) is 6.61 Å². The summed E-state index contributed by atoms with van der Waals surface area (Å²) in [5.41, 5.74) is 6.78. The predicted octanol–water partition coefficient (Wildman–Crippen LogP) is 1.44. The van der Waals surface area contributed by atoms with Gasteiger partial charge in [-0.05, 0) is 25.8 Å². The summed E-state index contributed by atoms with van der Waals surface area (Å²) in [5, 5.41) is 0. The maximum atomic E-state index is 12.0. The van der Waals surface area contributed by atoms with Crippen LogP contribution in [0, 0.1) is 0 Å². The number of rotatable bonds is 8. The molecule has 0 aliphatic heterocycles. The predicted molar refractivity (Wildman–Crippen MR) is 76.9 cm³/mol. The third kappa shape index (κ3) is 6.36. The van der Waals surface area contributed by atoms with Crippen LogP contribution in [0.2, 0.25) is 0 Å². The van der Waals surface area contributed by atoms with Gasteiger partial charge in [-0.15, -0.1) is 0 Å². The molecule has 0 saturated carbocycles. The molecule has 4 heteroatoms. The third-order valence-corrected chi connectivity index (χ3v) is 2.81. The third-order valence-electron chi connectivity index (χ3n) is 2.81. The van der Waals surface area contributed by atoms with Crippen LogP contribution in [-0.4, -0.2) is 43.2 Å². The van der Waals surface area contributed by atoms with E-state index in [4.69, 9.17) is 10.5 Å².